The second-order valence-electron chi connectivity index (χ2n) is 4.72. The van der Waals surface area contributed by atoms with Gasteiger partial charge >= 0.3 is 0 Å². The standard InChI is InChI=1S/C12H11ClN6O2S/c1-6-4-3-5-7(8(6)13)9-15-11-17-12(22(2,20)21)16-10(14)19(11)18-9/h3-5H,1-2H3,(H2,14,15,16,17,18). The smallest absolute Gasteiger partial charge is 0.258 e. The van der Waals surface area contributed by atoms with Crippen molar-refractivity contribution in [2.45, 2.75) is 12.1 Å². The van der Waals surface area contributed by atoms with Gasteiger partial charge in [-0.15, -0.1) is 5.10 Å². The van der Waals surface area contributed by atoms with Gasteiger partial charge in [0.1, 0.15) is 0 Å². The molecule has 0 saturated heterocycles. The third kappa shape index (κ3) is 2.38. The minimum atomic E-state index is -3.60. The van der Waals surface area contributed by atoms with Gasteiger partial charge < -0.3 is 5.73 Å². The Labute approximate surface area is 130 Å². The molecule has 1 aromatic carbocycles. The number of sulfone groups is 1. The second kappa shape index (κ2) is 4.89. The summed E-state index contributed by atoms with van der Waals surface area (Å²) in [4.78, 5) is 11.8. The monoisotopic (exact) mass is 338 g/mol. The molecule has 0 bridgehead atoms. The first-order valence-electron chi connectivity index (χ1n) is 6.13. The van der Waals surface area contributed by atoms with E-state index in [9.17, 15) is 8.42 Å². The SMILES string of the molecule is Cc1cccc(-c2nc3nc(S(C)(=O)=O)nc(N)n3n2)c1Cl. The van der Waals surface area contributed by atoms with Crippen LogP contribution in [-0.4, -0.2) is 39.2 Å². The first kappa shape index (κ1) is 14.7. The molecular formula is C12H11ClN6O2S. The fourth-order valence-electron chi connectivity index (χ4n) is 1.89. The molecule has 2 heterocycles. The Morgan fingerprint density at radius 3 is 2.64 bits per heavy atom. The minimum absolute atomic E-state index is 0.0421. The molecule has 22 heavy (non-hydrogen) atoms. The van der Waals surface area contributed by atoms with Crippen LogP contribution in [0.2, 0.25) is 5.02 Å². The molecule has 0 atom stereocenters. The summed E-state index contributed by atoms with van der Waals surface area (Å²) in [5.74, 6) is 0.216. The van der Waals surface area contributed by atoms with Gasteiger partial charge in [0.05, 0.1) is 5.02 Å². The number of hydrogen-bond acceptors (Lipinski definition) is 7. The van der Waals surface area contributed by atoms with Crippen molar-refractivity contribution in [2.24, 2.45) is 0 Å². The lowest BCUT2D eigenvalue weighted by Gasteiger charge is -2.01. The molecule has 0 amide bonds. The van der Waals surface area contributed by atoms with Crippen LogP contribution in [-0.2, 0) is 9.84 Å². The van der Waals surface area contributed by atoms with Crippen molar-refractivity contribution in [3.63, 3.8) is 0 Å². The predicted molar refractivity (Wildman–Crippen MR) is 81.3 cm³/mol. The van der Waals surface area contributed by atoms with Crippen LogP contribution in [0.1, 0.15) is 5.56 Å². The lowest BCUT2D eigenvalue weighted by Crippen LogP contribution is -2.11. The van der Waals surface area contributed by atoms with E-state index in [1.54, 1.807) is 6.07 Å². The Bertz CT molecular complexity index is 998. The van der Waals surface area contributed by atoms with Crippen LogP contribution < -0.4 is 5.73 Å². The highest BCUT2D eigenvalue weighted by Gasteiger charge is 2.18. The summed E-state index contributed by atoms with van der Waals surface area (Å²) < 4.78 is 24.3. The Balaban J connectivity index is 2.26. The van der Waals surface area contributed by atoms with Gasteiger partial charge in [-0.1, -0.05) is 23.7 Å². The van der Waals surface area contributed by atoms with Gasteiger partial charge in [0, 0.05) is 11.8 Å². The molecule has 0 fully saturated rings. The first-order valence-corrected chi connectivity index (χ1v) is 8.40. The average molecular weight is 339 g/mol. The Morgan fingerprint density at radius 2 is 1.95 bits per heavy atom. The molecule has 114 valence electrons. The highest BCUT2D eigenvalue weighted by molar-refractivity contribution is 7.90. The topological polar surface area (TPSA) is 116 Å². The maximum absolute atomic E-state index is 11.5. The van der Waals surface area contributed by atoms with Gasteiger partial charge in [0.15, 0.2) is 5.82 Å². The number of fused-ring (bicyclic) bond motifs is 1. The van der Waals surface area contributed by atoms with E-state index >= 15 is 0 Å². The van der Waals surface area contributed by atoms with Crippen LogP contribution in [0, 0.1) is 6.92 Å². The fourth-order valence-corrected chi connectivity index (χ4v) is 2.60. The van der Waals surface area contributed by atoms with Gasteiger partial charge in [0.25, 0.3) is 10.9 Å². The van der Waals surface area contributed by atoms with Gasteiger partial charge in [0.2, 0.25) is 15.8 Å². The average Bonchev–Trinajstić information content (AvgIpc) is 2.85. The van der Waals surface area contributed by atoms with Crippen LogP contribution in [0.4, 0.5) is 5.95 Å². The number of aryl methyl sites for hydroxylation is 1. The summed E-state index contributed by atoms with van der Waals surface area (Å²) in [6.07, 6.45) is 0.993. The summed E-state index contributed by atoms with van der Waals surface area (Å²) in [6, 6.07) is 5.43. The molecular weight excluding hydrogens is 328 g/mol. The number of nitrogens with zero attached hydrogens (tertiary/aromatic N) is 5. The van der Waals surface area contributed by atoms with Crippen molar-refractivity contribution >= 4 is 33.2 Å². The molecule has 2 aromatic heterocycles. The third-order valence-corrected chi connectivity index (χ3v) is 4.32. The van der Waals surface area contributed by atoms with E-state index in [-0.39, 0.29) is 11.7 Å². The molecule has 0 radical (unpaired) electrons. The third-order valence-electron chi connectivity index (χ3n) is 2.98. The maximum atomic E-state index is 11.5. The molecule has 3 rings (SSSR count). The maximum Gasteiger partial charge on any atom is 0.258 e. The van der Waals surface area contributed by atoms with E-state index in [1.165, 1.54) is 4.52 Å². The first-order chi connectivity index (χ1) is 10.3. The number of aromatic nitrogens is 5. The molecule has 0 spiro atoms. The number of rotatable bonds is 2. The molecule has 10 heteroatoms. The van der Waals surface area contributed by atoms with Crippen LogP contribution >= 0.6 is 11.6 Å². The van der Waals surface area contributed by atoms with E-state index in [1.807, 2.05) is 19.1 Å². The molecule has 0 unspecified atom stereocenters. The van der Waals surface area contributed by atoms with Crippen molar-refractivity contribution in [1.29, 1.82) is 0 Å². The molecule has 0 aliphatic rings. The van der Waals surface area contributed by atoms with Gasteiger partial charge in [-0.05, 0) is 18.6 Å². The van der Waals surface area contributed by atoms with Gasteiger partial charge in [-0.2, -0.15) is 19.5 Å². The fraction of sp³-hybridized carbons (Fsp3) is 0.167. The summed E-state index contributed by atoms with van der Waals surface area (Å²) in [5, 5.41) is 4.30. The van der Waals surface area contributed by atoms with E-state index in [0.717, 1.165) is 11.8 Å². The predicted octanol–water partition coefficient (Wildman–Crippen LogP) is 1.13. The Morgan fingerprint density at radius 1 is 1.23 bits per heavy atom. The van der Waals surface area contributed by atoms with Crippen molar-refractivity contribution in [2.75, 3.05) is 12.0 Å². The summed E-state index contributed by atoms with van der Waals surface area (Å²) >= 11 is 6.25. The largest absolute Gasteiger partial charge is 0.368 e. The molecule has 0 aliphatic carbocycles. The van der Waals surface area contributed by atoms with E-state index in [0.29, 0.717) is 16.4 Å². The lowest BCUT2D eigenvalue weighted by molar-refractivity contribution is 0.592. The summed E-state index contributed by atoms with van der Waals surface area (Å²) in [5.41, 5.74) is 7.20. The number of benzene rings is 1. The minimum Gasteiger partial charge on any atom is -0.368 e. The number of anilines is 1. The van der Waals surface area contributed by atoms with E-state index in [2.05, 4.69) is 20.1 Å². The van der Waals surface area contributed by atoms with Crippen LogP contribution in [0.25, 0.3) is 17.2 Å². The Kier molecular flexibility index (Phi) is 3.26. The quantitative estimate of drug-likeness (QED) is 0.744. The lowest BCUT2D eigenvalue weighted by atomic mass is 10.1. The number of halogens is 1. The Hall–Kier alpha value is -2.26. The zero-order valence-electron chi connectivity index (χ0n) is 11.6. The van der Waals surface area contributed by atoms with Crippen molar-refractivity contribution in [1.82, 2.24) is 24.6 Å². The van der Waals surface area contributed by atoms with Crippen LogP contribution in [0.15, 0.2) is 23.4 Å². The van der Waals surface area contributed by atoms with Crippen molar-refractivity contribution in [3.8, 4) is 11.4 Å². The number of nitrogen functional groups attached to an aromatic ring is 1. The summed E-state index contributed by atoms with van der Waals surface area (Å²) in [7, 11) is -3.60. The van der Waals surface area contributed by atoms with Gasteiger partial charge in [-0.3, -0.25) is 0 Å². The van der Waals surface area contributed by atoms with Crippen molar-refractivity contribution in [3.05, 3.63) is 28.8 Å². The van der Waals surface area contributed by atoms with E-state index in [4.69, 9.17) is 17.3 Å². The van der Waals surface area contributed by atoms with E-state index < -0.39 is 15.0 Å². The van der Waals surface area contributed by atoms with Crippen LogP contribution in [0.3, 0.4) is 0 Å². The molecule has 2 N–H and O–H groups in total. The number of nitrogens with two attached hydrogens (primary N) is 1. The summed E-state index contributed by atoms with van der Waals surface area (Å²) in [6.45, 7) is 1.86. The van der Waals surface area contributed by atoms with Crippen LogP contribution in [0.5, 0.6) is 0 Å². The van der Waals surface area contributed by atoms with Crippen molar-refractivity contribution < 1.29 is 8.42 Å². The highest BCUT2D eigenvalue weighted by atomic mass is 35.5. The second-order valence-corrected chi connectivity index (χ2v) is 7.01. The zero-order valence-corrected chi connectivity index (χ0v) is 13.2. The molecule has 0 saturated carbocycles. The zero-order chi connectivity index (χ0) is 16.1. The molecule has 8 nitrogen and oxygen atoms in total. The molecule has 0 aliphatic heterocycles. The van der Waals surface area contributed by atoms with Gasteiger partial charge in [-0.25, -0.2) is 8.42 Å². The number of hydrogen-bond donors (Lipinski definition) is 1. The molecule has 3 aromatic rings. The normalized spacial score (nSPS) is 12.0. The highest BCUT2D eigenvalue weighted by Crippen LogP contribution is 2.28.